The maximum absolute atomic E-state index is 13.1. The van der Waals surface area contributed by atoms with Crippen LogP contribution in [0.5, 0.6) is 0 Å². The van der Waals surface area contributed by atoms with Crippen LogP contribution in [0, 0.1) is 15.9 Å². The first-order valence-corrected chi connectivity index (χ1v) is 6.48. The number of piperidine rings is 1. The van der Waals surface area contributed by atoms with Gasteiger partial charge in [0.1, 0.15) is 11.5 Å². The molecule has 0 amide bonds. The van der Waals surface area contributed by atoms with Crippen molar-refractivity contribution in [1.29, 1.82) is 0 Å². The molecule has 1 fully saturated rings. The van der Waals surface area contributed by atoms with Crippen molar-refractivity contribution < 1.29 is 9.31 Å². The molecule has 6 heteroatoms. The summed E-state index contributed by atoms with van der Waals surface area (Å²) < 4.78 is 13.1. The molecule has 0 saturated carbocycles. The number of rotatable bonds is 3. The number of hydrogen-bond donors (Lipinski definition) is 1. The lowest BCUT2D eigenvalue weighted by atomic mass is 10.00. The van der Waals surface area contributed by atoms with Crippen LogP contribution in [0.1, 0.15) is 33.1 Å². The molecule has 2 unspecified atom stereocenters. The van der Waals surface area contributed by atoms with Crippen LogP contribution in [0.4, 0.5) is 15.8 Å². The van der Waals surface area contributed by atoms with E-state index in [1.165, 1.54) is 12.1 Å². The normalized spacial score (nSPS) is 24.2. The van der Waals surface area contributed by atoms with E-state index < -0.39 is 10.7 Å². The number of nitro groups is 1. The van der Waals surface area contributed by atoms with E-state index in [0.29, 0.717) is 17.8 Å². The fourth-order valence-electron chi connectivity index (χ4n) is 2.53. The number of anilines is 1. The van der Waals surface area contributed by atoms with Gasteiger partial charge in [-0.3, -0.25) is 10.1 Å². The first kappa shape index (κ1) is 13.7. The Morgan fingerprint density at radius 1 is 1.37 bits per heavy atom. The maximum atomic E-state index is 13.1. The van der Waals surface area contributed by atoms with Gasteiger partial charge in [0.15, 0.2) is 0 Å². The van der Waals surface area contributed by atoms with Gasteiger partial charge in [0.05, 0.1) is 11.0 Å². The summed E-state index contributed by atoms with van der Waals surface area (Å²) in [4.78, 5) is 10.4. The first-order valence-electron chi connectivity index (χ1n) is 6.48. The largest absolute Gasteiger partial charge is 0.312 e. The molecule has 1 aliphatic heterocycles. The minimum absolute atomic E-state index is 0.232. The van der Waals surface area contributed by atoms with E-state index >= 15 is 0 Å². The van der Waals surface area contributed by atoms with Gasteiger partial charge in [0.2, 0.25) is 0 Å². The Labute approximate surface area is 111 Å². The van der Waals surface area contributed by atoms with Gasteiger partial charge < -0.3 is 5.43 Å². The van der Waals surface area contributed by atoms with Crippen LogP contribution >= 0.6 is 0 Å². The molecule has 1 aromatic rings. The summed E-state index contributed by atoms with van der Waals surface area (Å²) in [6, 6.07) is 4.19. The van der Waals surface area contributed by atoms with Gasteiger partial charge in [0, 0.05) is 12.1 Å². The van der Waals surface area contributed by atoms with Crippen molar-refractivity contribution >= 4 is 11.4 Å². The van der Waals surface area contributed by atoms with Gasteiger partial charge in [0.25, 0.3) is 5.69 Å². The van der Waals surface area contributed by atoms with Crippen LogP contribution < -0.4 is 5.43 Å². The van der Waals surface area contributed by atoms with Crippen LogP contribution in [0.15, 0.2) is 18.2 Å². The Hall–Kier alpha value is -1.69. The summed E-state index contributed by atoms with van der Waals surface area (Å²) in [7, 11) is 0. The van der Waals surface area contributed by atoms with Crippen LogP contribution in [0.2, 0.25) is 0 Å². The Morgan fingerprint density at radius 2 is 2.00 bits per heavy atom. The Kier molecular flexibility index (Phi) is 3.99. The van der Waals surface area contributed by atoms with Crippen molar-refractivity contribution in [3.05, 3.63) is 34.1 Å². The number of hydrazine groups is 1. The lowest BCUT2D eigenvalue weighted by molar-refractivity contribution is -0.384. The van der Waals surface area contributed by atoms with E-state index in [4.69, 9.17) is 0 Å². The zero-order valence-corrected chi connectivity index (χ0v) is 11.1. The minimum Gasteiger partial charge on any atom is -0.312 e. The molecule has 0 aromatic heterocycles. The van der Waals surface area contributed by atoms with Crippen molar-refractivity contribution in [1.82, 2.24) is 5.01 Å². The van der Waals surface area contributed by atoms with Gasteiger partial charge in [-0.1, -0.05) is 6.42 Å². The highest BCUT2D eigenvalue weighted by Crippen LogP contribution is 2.29. The van der Waals surface area contributed by atoms with Crippen molar-refractivity contribution in [2.45, 2.75) is 45.2 Å². The zero-order valence-electron chi connectivity index (χ0n) is 11.1. The monoisotopic (exact) mass is 267 g/mol. The highest BCUT2D eigenvalue weighted by molar-refractivity contribution is 5.60. The molecule has 1 aliphatic rings. The fourth-order valence-corrected chi connectivity index (χ4v) is 2.53. The second-order valence-corrected chi connectivity index (χ2v) is 5.07. The molecule has 1 aromatic carbocycles. The van der Waals surface area contributed by atoms with Crippen molar-refractivity contribution in [2.24, 2.45) is 0 Å². The van der Waals surface area contributed by atoms with Gasteiger partial charge in [-0.15, -0.1) is 0 Å². The summed E-state index contributed by atoms with van der Waals surface area (Å²) in [5, 5.41) is 13.0. The zero-order chi connectivity index (χ0) is 14.0. The lowest BCUT2D eigenvalue weighted by Crippen LogP contribution is -2.47. The molecule has 1 N–H and O–H groups in total. The number of nitrogens with one attached hydrogen (secondary N) is 1. The van der Waals surface area contributed by atoms with Crippen LogP contribution in [0.25, 0.3) is 0 Å². The topological polar surface area (TPSA) is 58.4 Å². The number of nitrogens with zero attached hydrogens (tertiary/aromatic N) is 2. The Bertz CT molecular complexity index is 471. The molecule has 5 nitrogen and oxygen atoms in total. The molecule has 2 rings (SSSR count). The van der Waals surface area contributed by atoms with E-state index in [-0.39, 0.29) is 5.69 Å². The van der Waals surface area contributed by atoms with Crippen molar-refractivity contribution in [3.8, 4) is 0 Å². The summed E-state index contributed by atoms with van der Waals surface area (Å²) in [6.45, 7) is 4.16. The average Bonchev–Trinajstić information content (AvgIpc) is 2.35. The van der Waals surface area contributed by atoms with Gasteiger partial charge in [-0.2, -0.15) is 0 Å². The Balaban J connectivity index is 2.24. The molecular formula is C13H18FN3O2. The maximum Gasteiger partial charge on any atom is 0.296 e. The van der Waals surface area contributed by atoms with Crippen molar-refractivity contribution in [2.75, 3.05) is 5.43 Å². The molecule has 0 bridgehead atoms. The molecule has 0 radical (unpaired) electrons. The standard InChI is InChI=1S/C13H18FN3O2/c1-9-4-3-5-10(2)16(9)15-12-7-6-11(14)8-13(12)17(18)19/h6-10,15H,3-5H2,1-2H3. The molecule has 19 heavy (non-hydrogen) atoms. The molecule has 1 heterocycles. The smallest absolute Gasteiger partial charge is 0.296 e. The molecule has 0 spiro atoms. The number of nitro benzene ring substituents is 1. The van der Waals surface area contributed by atoms with Crippen LogP contribution in [-0.2, 0) is 0 Å². The number of hydrogen-bond acceptors (Lipinski definition) is 4. The van der Waals surface area contributed by atoms with E-state index in [1.807, 2.05) is 5.01 Å². The molecule has 1 saturated heterocycles. The second-order valence-electron chi connectivity index (χ2n) is 5.07. The number of benzene rings is 1. The third-order valence-corrected chi connectivity index (χ3v) is 3.60. The summed E-state index contributed by atoms with van der Waals surface area (Å²) in [5.41, 5.74) is 3.19. The lowest BCUT2D eigenvalue weighted by Gasteiger charge is -2.39. The third kappa shape index (κ3) is 3.01. The summed E-state index contributed by atoms with van der Waals surface area (Å²) in [6.07, 6.45) is 3.25. The average molecular weight is 267 g/mol. The van der Waals surface area contributed by atoms with E-state index in [0.717, 1.165) is 25.3 Å². The molecule has 2 atom stereocenters. The molecule has 0 aliphatic carbocycles. The van der Waals surface area contributed by atoms with E-state index in [1.54, 1.807) is 0 Å². The predicted molar refractivity (Wildman–Crippen MR) is 71.3 cm³/mol. The third-order valence-electron chi connectivity index (χ3n) is 3.60. The number of halogens is 1. The van der Waals surface area contributed by atoms with Gasteiger partial charge >= 0.3 is 0 Å². The highest BCUT2D eigenvalue weighted by Gasteiger charge is 2.26. The van der Waals surface area contributed by atoms with Crippen LogP contribution in [-0.4, -0.2) is 22.0 Å². The predicted octanol–water partition coefficient (Wildman–Crippen LogP) is 3.32. The van der Waals surface area contributed by atoms with E-state index in [9.17, 15) is 14.5 Å². The van der Waals surface area contributed by atoms with Gasteiger partial charge in [-0.25, -0.2) is 9.40 Å². The Morgan fingerprint density at radius 3 is 2.58 bits per heavy atom. The molecular weight excluding hydrogens is 249 g/mol. The highest BCUT2D eigenvalue weighted by atomic mass is 19.1. The summed E-state index contributed by atoms with van der Waals surface area (Å²) in [5.74, 6) is -0.600. The van der Waals surface area contributed by atoms with Gasteiger partial charge in [-0.05, 0) is 38.8 Å². The van der Waals surface area contributed by atoms with E-state index in [2.05, 4.69) is 19.3 Å². The van der Waals surface area contributed by atoms with Crippen LogP contribution in [0.3, 0.4) is 0 Å². The molecule has 104 valence electrons. The fraction of sp³-hybridized carbons (Fsp3) is 0.538. The first-order chi connectivity index (χ1) is 8.99. The minimum atomic E-state index is -0.600. The second kappa shape index (κ2) is 5.52. The quantitative estimate of drug-likeness (QED) is 0.674. The van der Waals surface area contributed by atoms with Crippen molar-refractivity contribution in [3.63, 3.8) is 0 Å². The summed E-state index contributed by atoms with van der Waals surface area (Å²) >= 11 is 0. The SMILES string of the molecule is CC1CCCC(C)N1Nc1ccc(F)cc1[N+](=O)[O-].